The highest BCUT2D eigenvalue weighted by Gasteiger charge is 2.20. The van der Waals surface area contributed by atoms with Gasteiger partial charge in [-0.1, -0.05) is 11.6 Å². The van der Waals surface area contributed by atoms with Gasteiger partial charge in [-0.15, -0.1) is 11.3 Å². The molecule has 4 nitrogen and oxygen atoms in total. The van der Waals surface area contributed by atoms with Crippen LogP contribution in [-0.4, -0.2) is 18.0 Å². The van der Waals surface area contributed by atoms with Gasteiger partial charge >= 0.3 is 0 Å². The first kappa shape index (κ1) is 18.2. The van der Waals surface area contributed by atoms with Crippen LogP contribution in [0.3, 0.4) is 0 Å². The zero-order valence-electron chi connectivity index (χ0n) is 14.2. The van der Waals surface area contributed by atoms with E-state index in [1.165, 1.54) is 11.3 Å². The summed E-state index contributed by atoms with van der Waals surface area (Å²) in [5.74, 6) is 1.02. The van der Waals surface area contributed by atoms with Crippen molar-refractivity contribution in [1.29, 1.82) is 0 Å². The summed E-state index contributed by atoms with van der Waals surface area (Å²) >= 11 is 11.3. The summed E-state index contributed by atoms with van der Waals surface area (Å²) in [6.07, 6.45) is 0. The molecule has 2 heterocycles. The Morgan fingerprint density at radius 3 is 2.68 bits per heavy atom. The molecule has 0 radical (unpaired) electrons. The molecule has 1 N–H and O–H groups in total. The standard InChI is InChI=1S/C18H16BrClN2O2S/c1-8-9(2)17(21-10(3)14(8)19)22-18(23)16-15(20)12-6-5-11(24-4)7-13(12)25-16/h5-7H,1-4H3,(H,21,22,23). The fourth-order valence-corrected chi connectivity index (χ4v) is 4.35. The predicted octanol–water partition coefficient (Wildman–Crippen LogP) is 5.90. The third-order valence-electron chi connectivity index (χ3n) is 4.12. The molecule has 0 saturated carbocycles. The topological polar surface area (TPSA) is 51.2 Å². The Balaban J connectivity index is 2.00. The fraction of sp³-hybridized carbons (Fsp3) is 0.222. The summed E-state index contributed by atoms with van der Waals surface area (Å²) in [7, 11) is 1.61. The number of carbonyl (C=O) groups excluding carboxylic acids is 1. The number of nitrogens with one attached hydrogen (secondary N) is 1. The van der Waals surface area contributed by atoms with Crippen LogP contribution >= 0.6 is 38.9 Å². The molecular formula is C18H16BrClN2O2S. The number of hydrogen-bond acceptors (Lipinski definition) is 4. The molecule has 2 aromatic heterocycles. The van der Waals surface area contributed by atoms with Crippen LogP contribution in [0.5, 0.6) is 5.75 Å². The van der Waals surface area contributed by atoms with Crippen LogP contribution in [0.25, 0.3) is 10.1 Å². The van der Waals surface area contributed by atoms with Crippen molar-refractivity contribution in [2.75, 3.05) is 12.4 Å². The van der Waals surface area contributed by atoms with Crippen molar-refractivity contribution in [1.82, 2.24) is 4.98 Å². The Kier molecular flexibility index (Phi) is 5.04. The van der Waals surface area contributed by atoms with E-state index in [0.717, 1.165) is 37.1 Å². The van der Waals surface area contributed by atoms with Gasteiger partial charge in [0.05, 0.1) is 17.8 Å². The molecule has 130 valence electrons. The van der Waals surface area contributed by atoms with Crippen LogP contribution in [-0.2, 0) is 0 Å². The summed E-state index contributed by atoms with van der Waals surface area (Å²) in [4.78, 5) is 17.7. The normalized spacial score (nSPS) is 11.0. The van der Waals surface area contributed by atoms with Gasteiger partial charge in [0.15, 0.2) is 0 Å². The molecule has 0 aliphatic rings. The number of benzene rings is 1. The number of aryl methyl sites for hydroxylation is 1. The fourth-order valence-electron chi connectivity index (χ4n) is 2.52. The number of pyridine rings is 1. The lowest BCUT2D eigenvalue weighted by Gasteiger charge is -2.12. The van der Waals surface area contributed by atoms with Crippen LogP contribution in [0.15, 0.2) is 22.7 Å². The molecule has 0 bridgehead atoms. The Morgan fingerprint density at radius 1 is 1.28 bits per heavy atom. The van der Waals surface area contributed by atoms with E-state index in [0.29, 0.717) is 15.7 Å². The van der Waals surface area contributed by atoms with Gasteiger partial charge < -0.3 is 10.1 Å². The number of halogens is 2. The van der Waals surface area contributed by atoms with E-state index in [-0.39, 0.29) is 5.91 Å². The molecule has 0 atom stereocenters. The van der Waals surface area contributed by atoms with E-state index >= 15 is 0 Å². The average molecular weight is 440 g/mol. The van der Waals surface area contributed by atoms with Crippen LogP contribution in [0.4, 0.5) is 5.82 Å². The molecule has 1 amide bonds. The Morgan fingerprint density at radius 2 is 2.00 bits per heavy atom. The summed E-state index contributed by atoms with van der Waals surface area (Å²) in [5.41, 5.74) is 2.80. The summed E-state index contributed by atoms with van der Waals surface area (Å²) < 4.78 is 7.09. The molecule has 0 fully saturated rings. The van der Waals surface area contributed by atoms with Gasteiger partial charge in [0.25, 0.3) is 5.91 Å². The molecule has 25 heavy (non-hydrogen) atoms. The van der Waals surface area contributed by atoms with Crippen LogP contribution in [0.2, 0.25) is 5.02 Å². The Bertz CT molecular complexity index is 1000. The van der Waals surface area contributed by atoms with Crippen molar-refractivity contribution < 1.29 is 9.53 Å². The highest BCUT2D eigenvalue weighted by molar-refractivity contribution is 9.10. The summed E-state index contributed by atoms with van der Waals surface area (Å²) in [5, 5.41) is 4.18. The van der Waals surface area contributed by atoms with Gasteiger partial charge in [0.2, 0.25) is 0 Å². The third kappa shape index (κ3) is 3.26. The quantitative estimate of drug-likeness (QED) is 0.553. The maximum atomic E-state index is 12.8. The molecular weight excluding hydrogens is 424 g/mol. The molecule has 0 spiro atoms. The zero-order chi connectivity index (χ0) is 18.3. The molecule has 7 heteroatoms. The number of ether oxygens (including phenoxy) is 1. The van der Waals surface area contributed by atoms with E-state index in [1.54, 1.807) is 7.11 Å². The molecule has 3 aromatic rings. The summed E-state index contributed by atoms with van der Waals surface area (Å²) in [6.45, 7) is 5.81. The highest BCUT2D eigenvalue weighted by atomic mass is 79.9. The minimum atomic E-state index is -0.262. The SMILES string of the molecule is COc1ccc2c(Cl)c(C(=O)Nc3nc(C)c(Br)c(C)c3C)sc2c1. The predicted molar refractivity (Wildman–Crippen MR) is 107 cm³/mol. The lowest BCUT2D eigenvalue weighted by atomic mass is 10.1. The number of anilines is 1. The Hall–Kier alpha value is -1.63. The minimum absolute atomic E-state index is 0.262. The molecule has 0 saturated heterocycles. The number of fused-ring (bicyclic) bond motifs is 1. The van der Waals surface area contributed by atoms with Gasteiger partial charge in [-0.05, 0) is 66.0 Å². The minimum Gasteiger partial charge on any atom is -0.497 e. The van der Waals surface area contributed by atoms with Crippen LogP contribution in [0.1, 0.15) is 26.5 Å². The molecule has 1 aromatic carbocycles. The number of aromatic nitrogens is 1. The number of rotatable bonds is 3. The Labute approximate surface area is 163 Å². The molecule has 0 aliphatic carbocycles. The number of thiophene rings is 1. The van der Waals surface area contributed by atoms with Crippen molar-refractivity contribution in [3.05, 3.63) is 49.4 Å². The monoisotopic (exact) mass is 438 g/mol. The maximum absolute atomic E-state index is 12.8. The lowest BCUT2D eigenvalue weighted by molar-refractivity contribution is 0.103. The lowest BCUT2D eigenvalue weighted by Crippen LogP contribution is -2.14. The van der Waals surface area contributed by atoms with Crippen molar-refractivity contribution in [3.8, 4) is 5.75 Å². The second-order valence-corrected chi connectivity index (χ2v) is 7.89. The van der Waals surface area contributed by atoms with Gasteiger partial charge in [0, 0.05) is 14.6 Å². The third-order valence-corrected chi connectivity index (χ3v) is 6.94. The smallest absolute Gasteiger partial charge is 0.268 e. The van der Waals surface area contributed by atoms with Crippen molar-refractivity contribution in [2.45, 2.75) is 20.8 Å². The summed E-state index contributed by atoms with van der Waals surface area (Å²) in [6, 6.07) is 5.57. The van der Waals surface area contributed by atoms with Gasteiger partial charge in [-0.3, -0.25) is 4.79 Å². The first-order valence-corrected chi connectivity index (χ1v) is 9.53. The zero-order valence-corrected chi connectivity index (χ0v) is 17.3. The average Bonchev–Trinajstić information content (AvgIpc) is 2.94. The second-order valence-electron chi connectivity index (χ2n) is 5.67. The van der Waals surface area contributed by atoms with E-state index in [2.05, 4.69) is 26.2 Å². The highest BCUT2D eigenvalue weighted by Crippen LogP contribution is 2.38. The van der Waals surface area contributed by atoms with E-state index in [9.17, 15) is 4.79 Å². The largest absolute Gasteiger partial charge is 0.497 e. The molecule has 0 unspecified atom stereocenters. The van der Waals surface area contributed by atoms with Crippen LogP contribution < -0.4 is 10.1 Å². The second kappa shape index (κ2) is 6.94. The van der Waals surface area contributed by atoms with Gasteiger partial charge in [-0.2, -0.15) is 0 Å². The number of amides is 1. The number of nitrogens with zero attached hydrogens (tertiary/aromatic N) is 1. The van der Waals surface area contributed by atoms with Crippen molar-refractivity contribution in [2.24, 2.45) is 0 Å². The number of methoxy groups -OCH3 is 1. The van der Waals surface area contributed by atoms with Crippen molar-refractivity contribution in [3.63, 3.8) is 0 Å². The van der Waals surface area contributed by atoms with E-state index < -0.39 is 0 Å². The van der Waals surface area contributed by atoms with Gasteiger partial charge in [0.1, 0.15) is 16.4 Å². The number of hydrogen-bond donors (Lipinski definition) is 1. The van der Waals surface area contributed by atoms with Gasteiger partial charge in [-0.25, -0.2) is 4.98 Å². The first-order valence-electron chi connectivity index (χ1n) is 7.54. The molecule has 3 rings (SSSR count). The van der Waals surface area contributed by atoms with Crippen molar-refractivity contribution >= 4 is 60.7 Å². The van der Waals surface area contributed by atoms with E-state index in [1.807, 2.05) is 39.0 Å². The van der Waals surface area contributed by atoms with E-state index in [4.69, 9.17) is 16.3 Å². The first-order chi connectivity index (χ1) is 11.8. The molecule has 0 aliphatic heterocycles. The number of carbonyl (C=O) groups is 1. The maximum Gasteiger partial charge on any atom is 0.268 e. The van der Waals surface area contributed by atoms with Crippen LogP contribution in [0, 0.1) is 20.8 Å².